The maximum absolute atomic E-state index is 14.8. The average Bonchev–Trinajstić information content (AvgIpc) is 3.22. The number of halogens is 3. The summed E-state index contributed by atoms with van der Waals surface area (Å²) in [6, 6.07) is 14.8. The zero-order valence-corrected chi connectivity index (χ0v) is 21.0. The molecule has 1 unspecified atom stereocenters. The summed E-state index contributed by atoms with van der Waals surface area (Å²) in [7, 11) is 0.885. The standard InChI is InChI=1S/C28H34F3NO4/c1-4-6-17-23-21(18-20-13-9-7-10-14-20)19-24(25(33)36-5-2)32(23)26(34)27(35-3,28(29,30)31)22-15-11-8-12-16-22/h7-16,21,23-24H,4-6,17-19H2,1-3H3/t21-,23-,24+,27?/m1/s1. The van der Waals surface area contributed by atoms with E-state index in [0.29, 0.717) is 19.3 Å². The number of benzene rings is 2. The molecule has 0 bridgehead atoms. The summed E-state index contributed by atoms with van der Waals surface area (Å²) in [6.07, 6.45) is -2.33. The highest BCUT2D eigenvalue weighted by molar-refractivity contribution is 5.92. The molecule has 0 N–H and O–H groups in total. The maximum Gasteiger partial charge on any atom is 0.430 e. The Morgan fingerprint density at radius 2 is 1.61 bits per heavy atom. The number of hydrogen-bond donors (Lipinski definition) is 0. The van der Waals surface area contributed by atoms with Gasteiger partial charge in [-0.05, 0) is 37.7 Å². The molecule has 196 valence electrons. The first-order valence-corrected chi connectivity index (χ1v) is 12.4. The van der Waals surface area contributed by atoms with E-state index >= 15 is 0 Å². The van der Waals surface area contributed by atoms with Gasteiger partial charge in [0.1, 0.15) is 6.04 Å². The highest BCUT2D eigenvalue weighted by Crippen LogP contribution is 2.47. The van der Waals surface area contributed by atoms with Crippen molar-refractivity contribution >= 4 is 11.9 Å². The third-order valence-corrected chi connectivity index (χ3v) is 6.94. The number of nitrogens with zero attached hydrogens (tertiary/aromatic N) is 1. The molecule has 0 aromatic heterocycles. The second-order valence-corrected chi connectivity index (χ2v) is 9.12. The van der Waals surface area contributed by atoms with Gasteiger partial charge in [-0.15, -0.1) is 0 Å². The summed E-state index contributed by atoms with van der Waals surface area (Å²) in [5.41, 5.74) is -2.57. The molecule has 1 amide bonds. The zero-order valence-electron chi connectivity index (χ0n) is 21.0. The van der Waals surface area contributed by atoms with E-state index in [4.69, 9.17) is 9.47 Å². The number of carbonyl (C=O) groups is 2. The Kier molecular flexibility index (Phi) is 9.17. The van der Waals surface area contributed by atoms with E-state index in [9.17, 15) is 22.8 Å². The Labute approximate surface area is 210 Å². The van der Waals surface area contributed by atoms with Crippen LogP contribution in [0.1, 0.15) is 50.7 Å². The number of amides is 1. The molecule has 3 rings (SSSR count). The fourth-order valence-corrected chi connectivity index (χ4v) is 5.26. The van der Waals surface area contributed by atoms with Crippen molar-refractivity contribution in [2.24, 2.45) is 5.92 Å². The summed E-state index contributed by atoms with van der Waals surface area (Å²) in [4.78, 5) is 28.3. The van der Waals surface area contributed by atoms with Crippen molar-refractivity contribution in [1.29, 1.82) is 0 Å². The predicted molar refractivity (Wildman–Crippen MR) is 130 cm³/mol. The number of hydrogen-bond acceptors (Lipinski definition) is 4. The molecule has 8 heteroatoms. The van der Waals surface area contributed by atoms with Crippen molar-refractivity contribution in [2.45, 2.75) is 69.8 Å². The normalized spacial score (nSPS) is 21.7. The van der Waals surface area contributed by atoms with E-state index < -0.39 is 35.7 Å². The Bertz CT molecular complexity index is 999. The first-order valence-electron chi connectivity index (χ1n) is 12.4. The van der Waals surface area contributed by atoms with Crippen molar-refractivity contribution in [3.63, 3.8) is 0 Å². The van der Waals surface area contributed by atoms with Crippen molar-refractivity contribution in [3.05, 3.63) is 71.8 Å². The maximum atomic E-state index is 14.8. The molecule has 2 aromatic rings. The van der Waals surface area contributed by atoms with E-state index in [0.717, 1.165) is 24.0 Å². The van der Waals surface area contributed by atoms with Gasteiger partial charge >= 0.3 is 12.1 Å². The van der Waals surface area contributed by atoms with Crippen molar-refractivity contribution in [1.82, 2.24) is 4.90 Å². The van der Waals surface area contributed by atoms with Crippen LogP contribution in [-0.4, -0.2) is 48.8 Å². The second-order valence-electron chi connectivity index (χ2n) is 9.12. The molecule has 4 atom stereocenters. The van der Waals surface area contributed by atoms with E-state index in [1.807, 2.05) is 37.3 Å². The van der Waals surface area contributed by atoms with Crippen LogP contribution in [0.4, 0.5) is 13.2 Å². The van der Waals surface area contributed by atoms with Gasteiger partial charge in [0.25, 0.3) is 11.5 Å². The second kappa shape index (κ2) is 11.9. The van der Waals surface area contributed by atoms with Gasteiger partial charge < -0.3 is 14.4 Å². The smallest absolute Gasteiger partial charge is 0.430 e. The molecule has 0 saturated carbocycles. The molecule has 1 aliphatic rings. The summed E-state index contributed by atoms with van der Waals surface area (Å²) >= 11 is 0. The van der Waals surface area contributed by atoms with Crippen LogP contribution < -0.4 is 0 Å². The molecule has 36 heavy (non-hydrogen) atoms. The topological polar surface area (TPSA) is 55.8 Å². The first kappa shape index (κ1) is 27.7. The number of unbranched alkanes of at least 4 members (excludes halogenated alkanes) is 1. The molecule has 1 heterocycles. The highest BCUT2D eigenvalue weighted by atomic mass is 19.4. The van der Waals surface area contributed by atoms with Crippen LogP contribution in [0.2, 0.25) is 0 Å². The van der Waals surface area contributed by atoms with Crippen LogP contribution in [0.5, 0.6) is 0 Å². The largest absolute Gasteiger partial charge is 0.464 e. The molecule has 1 saturated heterocycles. The molecule has 2 aromatic carbocycles. The van der Waals surface area contributed by atoms with E-state index in [1.54, 1.807) is 13.0 Å². The van der Waals surface area contributed by atoms with Crippen LogP contribution in [0.15, 0.2) is 60.7 Å². The monoisotopic (exact) mass is 505 g/mol. The van der Waals surface area contributed by atoms with Crippen molar-refractivity contribution in [2.75, 3.05) is 13.7 Å². The van der Waals surface area contributed by atoms with Gasteiger partial charge in [-0.1, -0.05) is 80.4 Å². The zero-order chi connectivity index (χ0) is 26.3. The number of rotatable bonds is 10. The van der Waals surface area contributed by atoms with Gasteiger partial charge in [0.05, 0.1) is 6.61 Å². The molecule has 0 spiro atoms. The number of alkyl halides is 3. The minimum Gasteiger partial charge on any atom is -0.464 e. The summed E-state index contributed by atoms with van der Waals surface area (Å²) in [6.45, 7) is 3.68. The molecule has 1 fully saturated rings. The fraction of sp³-hybridized carbons (Fsp3) is 0.500. The Balaban J connectivity index is 2.13. The summed E-state index contributed by atoms with van der Waals surface area (Å²) in [5.74, 6) is -2.18. The number of methoxy groups -OCH3 is 1. The van der Waals surface area contributed by atoms with E-state index in [1.165, 1.54) is 24.3 Å². The lowest BCUT2D eigenvalue weighted by Crippen LogP contribution is -2.60. The molecule has 5 nitrogen and oxygen atoms in total. The Morgan fingerprint density at radius 3 is 2.14 bits per heavy atom. The minimum absolute atomic E-state index is 0.0632. The SMILES string of the molecule is CCCC[C@@H]1[C@H](Cc2ccccc2)C[C@@H](C(=O)OCC)N1C(=O)C(OC)(c1ccccc1)C(F)(F)F. The van der Waals surface area contributed by atoms with Crippen LogP contribution in [0.25, 0.3) is 0 Å². The molecule has 1 aliphatic heterocycles. The minimum atomic E-state index is -5.06. The number of carbonyl (C=O) groups excluding carboxylic acids is 2. The van der Waals surface area contributed by atoms with Gasteiger partial charge in [0.2, 0.25) is 0 Å². The van der Waals surface area contributed by atoms with Gasteiger partial charge in [-0.3, -0.25) is 4.79 Å². The molecular weight excluding hydrogens is 471 g/mol. The number of esters is 1. The lowest BCUT2D eigenvalue weighted by Gasteiger charge is -2.40. The van der Waals surface area contributed by atoms with Gasteiger partial charge in [-0.25, -0.2) is 4.79 Å². The lowest BCUT2D eigenvalue weighted by molar-refractivity contribution is -0.271. The predicted octanol–water partition coefficient (Wildman–Crippen LogP) is 5.67. The van der Waals surface area contributed by atoms with Crippen LogP contribution in [-0.2, 0) is 31.1 Å². The molecular formula is C28H34F3NO4. The third kappa shape index (κ3) is 5.43. The van der Waals surface area contributed by atoms with Crippen LogP contribution >= 0.6 is 0 Å². The van der Waals surface area contributed by atoms with Crippen molar-refractivity contribution in [3.8, 4) is 0 Å². The Hall–Kier alpha value is -2.87. The lowest BCUT2D eigenvalue weighted by atomic mass is 9.87. The van der Waals surface area contributed by atoms with Crippen LogP contribution in [0, 0.1) is 5.92 Å². The highest BCUT2D eigenvalue weighted by Gasteiger charge is 2.66. The molecule has 0 radical (unpaired) electrons. The fourth-order valence-electron chi connectivity index (χ4n) is 5.26. The summed E-state index contributed by atoms with van der Waals surface area (Å²) in [5, 5.41) is 0. The quantitative estimate of drug-likeness (QED) is 0.391. The Morgan fingerprint density at radius 1 is 1.00 bits per heavy atom. The van der Waals surface area contributed by atoms with Crippen LogP contribution in [0.3, 0.4) is 0 Å². The van der Waals surface area contributed by atoms with E-state index in [2.05, 4.69) is 0 Å². The van der Waals surface area contributed by atoms with Gasteiger partial charge in [-0.2, -0.15) is 13.2 Å². The number of ether oxygens (including phenoxy) is 2. The van der Waals surface area contributed by atoms with Crippen molar-refractivity contribution < 1.29 is 32.2 Å². The van der Waals surface area contributed by atoms with Gasteiger partial charge in [0, 0.05) is 18.7 Å². The third-order valence-electron chi connectivity index (χ3n) is 6.94. The summed E-state index contributed by atoms with van der Waals surface area (Å²) < 4.78 is 54.7. The first-order chi connectivity index (χ1) is 17.2. The molecule has 0 aliphatic carbocycles. The number of likely N-dealkylation sites (tertiary alicyclic amines) is 1. The average molecular weight is 506 g/mol. The van der Waals surface area contributed by atoms with E-state index in [-0.39, 0.29) is 24.5 Å². The van der Waals surface area contributed by atoms with Gasteiger partial charge in [0.15, 0.2) is 0 Å².